The molecule has 1 unspecified atom stereocenters. The molecule has 0 fully saturated rings. The Kier molecular flexibility index (Phi) is 5.16. The fourth-order valence-electron chi connectivity index (χ4n) is 1.70. The zero-order chi connectivity index (χ0) is 12.8. The molecule has 1 aromatic rings. The lowest BCUT2D eigenvalue weighted by molar-refractivity contribution is 0.0952. The van der Waals surface area contributed by atoms with Gasteiger partial charge in [-0.2, -0.15) is 0 Å². The van der Waals surface area contributed by atoms with Crippen LogP contribution in [0.25, 0.3) is 0 Å². The second-order valence-corrected chi connectivity index (χ2v) is 4.69. The third-order valence-electron chi connectivity index (χ3n) is 2.76. The lowest BCUT2D eigenvalue weighted by atomic mass is 10.1. The molecule has 0 heterocycles. The van der Waals surface area contributed by atoms with E-state index in [9.17, 15) is 4.79 Å². The summed E-state index contributed by atoms with van der Waals surface area (Å²) in [6.45, 7) is 6.61. The number of aryl methyl sites for hydroxylation is 2. The van der Waals surface area contributed by atoms with Gasteiger partial charge in [-0.15, -0.1) is 0 Å². The molecule has 3 nitrogen and oxygen atoms in total. The largest absolute Gasteiger partial charge is 0.352 e. The molecule has 0 radical (unpaired) electrons. The van der Waals surface area contributed by atoms with Gasteiger partial charge in [-0.25, -0.2) is 0 Å². The van der Waals surface area contributed by atoms with Gasteiger partial charge >= 0.3 is 0 Å². The van der Waals surface area contributed by atoms with E-state index in [0.29, 0.717) is 6.54 Å². The van der Waals surface area contributed by atoms with Crippen molar-refractivity contribution < 1.29 is 4.79 Å². The van der Waals surface area contributed by atoms with Crippen molar-refractivity contribution in [1.29, 1.82) is 0 Å². The number of rotatable bonds is 5. The van der Waals surface area contributed by atoms with E-state index in [1.54, 1.807) is 0 Å². The molecule has 3 N–H and O–H groups in total. The van der Waals surface area contributed by atoms with E-state index in [2.05, 4.69) is 5.32 Å². The van der Waals surface area contributed by atoms with Crippen LogP contribution in [0.15, 0.2) is 18.2 Å². The molecule has 0 aliphatic rings. The quantitative estimate of drug-likeness (QED) is 0.767. The van der Waals surface area contributed by atoms with E-state index >= 15 is 0 Å². The molecule has 0 aromatic heterocycles. The molecule has 0 aliphatic heterocycles. The Morgan fingerprint density at radius 3 is 2.76 bits per heavy atom. The molecule has 1 aromatic carbocycles. The summed E-state index contributed by atoms with van der Waals surface area (Å²) < 4.78 is 0. The predicted octanol–water partition coefficient (Wildman–Crippen LogP) is 2.16. The zero-order valence-electron chi connectivity index (χ0n) is 10.9. The number of nitrogens with two attached hydrogens (primary N) is 1. The number of nitrogens with one attached hydrogen (secondary N) is 1. The van der Waals surface area contributed by atoms with E-state index < -0.39 is 0 Å². The van der Waals surface area contributed by atoms with Crippen LogP contribution in [0.4, 0.5) is 0 Å². The van der Waals surface area contributed by atoms with Gasteiger partial charge in [-0.3, -0.25) is 4.79 Å². The second-order valence-electron chi connectivity index (χ2n) is 4.69. The summed E-state index contributed by atoms with van der Waals surface area (Å²) >= 11 is 0. The van der Waals surface area contributed by atoms with Gasteiger partial charge < -0.3 is 11.1 Å². The first kappa shape index (κ1) is 13.7. The van der Waals surface area contributed by atoms with Crippen LogP contribution >= 0.6 is 0 Å². The van der Waals surface area contributed by atoms with E-state index in [1.165, 1.54) is 0 Å². The number of amides is 1. The Morgan fingerprint density at radius 1 is 1.41 bits per heavy atom. The molecule has 0 spiro atoms. The summed E-state index contributed by atoms with van der Waals surface area (Å²) in [5.74, 6) is 0.0101. The number of benzene rings is 1. The Labute approximate surface area is 103 Å². The minimum atomic E-state index is 0.0101. The van der Waals surface area contributed by atoms with E-state index in [0.717, 1.165) is 29.5 Å². The molecule has 0 bridgehead atoms. The first-order chi connectivity index (χ1) is 8.00. The maximum atomic E-state index is 11.9. The smallest absolute Gasteiger partial charge is 0.251 e. The number of carbonyl (C=O) groups is 1. The summed E-state index contributed by atoms with van der Waals surface area (Å²) in [7, 11) is 0. The van der Waals surface area contributed by atoms with Crippen LogP contribution in [0.2, 0.25) is 0 Å². The predicted molar refractivity (Wildman–Crippen MR) is 71.1 cm³/mol. The molecule has 1 amide bonds. The first-order valence-electron chi connectivity index (χ1n) is 6.11. The maximum Gasteiger partial charge on any atom is 0.251 e. The van der Waals surface area contributed by atoms with Gasteiger partial charge in [0, 0.05) is 18.2 Å². The molecular weight excluding hydrogens is 212 g/mol. The van der Waals surface area contributed by atoms with Gasteiger partial charge in [-0.05, 0) is 45.2 Å². The third-order valence-corrected chi connectivity index (χ3v) is 2.76. The van der Waals surface area contributed by atoms with Crippen molar-refractivity contribution in [1.82, 2.24) is 5.32 Å². The van der Waals surface area contributed by atoms with Gasteiger partial charge in [0.2, 0.25) is 0 Å². The van der Waals surface area contributed by atoms with Gasteiger partial charge in [0.1, 0.15) is 0 Å². The van der Waals surface area contributed by atoms with Crippen LogP contribution in [-0.4, -0.2) is 18.5 Å². The Morgan fingerprint density at radius 2 is 2.12 bits per heavy atom. The van der Waals surface area contributed by atoms with E-state index in [-0.39, 0.29) is 11.9 Å². The van der Waals surface area contributed by atoms with Gasteiger partial charge in [0.05, 0.1) is 0 Å². The lowest BCUT2D eigenvalue weighted by Crippen LogP contribution is -2.26. The molecule has 94 valence electrons. The lowest BCUT2D eigenvalue weighted by Gasteiger charge is -2.09. The molecule has 1 atom stereocenters. The molecule has 0 saturated heterocycles. The normalized spacial score (nSPS) is 12.2. The molecule has 0 saturated carbocycles. The van der Waals surface area contributed by atoms with Crippen LogP contribution in [0.1, 0.15) is 41.3 Å². The van der Waals surface area contributed by atoms with Gasteiger partial charge in [-0.1, -0.05) is 17.7 Å². The van der Waals surface area contributed by atoms with Crippen molar-refractivity contribution in [2.75, 3.05) is 6.54 Å². The maximum absolute atomic E-state index is 11.9. The topological polar surface area (TPSA) is 55.1 Å². The number of hydrogen-bond acceptors (Lipinski definition) is 2. The summed E-state index contributed by atoms with van der Waals surface area (Å²) in [6.07, 6.45) is 1.86. The highest BCUT2D eigenvalue weighted by Crippen LogP contribution is 2.10. The minimum Gasteiger partial charge on any atom is -0.352 e. The molecular formula is C14H22N2O. The SMILES string of the molecule is Cc1ccc(C)c(C(=O)NCCCC(C)N)c1. The van der Waals surface area contributed by atoms with Crippen molar-refractivity contribution in [2.24, 2.45) is 5.73 Å². The van der Waals surface area contributed by atoms with Crippen LogP contribution in [0.3, 0.4) is 0 Å². The number of hydrogen-bond donors (Lipinski definition) is 2. The summed E-state index contributed by atoms with van der Waals surface area (Å²) in [5.41, 5.74) is 8.54. The summed E-state index contributed by atoms with van der Waals surface area (Å²) in [5, 5.41) is 2.93. The standard InChI is InChI=1S/C14H22N2O/c1-10-6-7-11(2)13(9-10)14(17)16-8-4-5-12(3)15/h6-7,9,12H,4-5,8,15H2,1-3H3,(H,16,17). The highest BCUT2D eigenvalue weighted by Gasteiger charge is 2.08. The average Bonchev–Trinajstić information content (AvgIpc) is 2.27. The molecule has 3 heteroatoms. The van der Waals surface area contributed by atoms with Crippen LogP contribution in [-0.2, 0) is 0 Å². The molecule has 0 aliphatic carbocycles. The fraction of sp³-hybridized carbons (Fsp3) is 0.500. The van der Waals surface area contributed by atoms with Crippen LogP contribution < -0.4 is 11.1 Å². The van der Waals surface area contributed by atoms with Gasteiger partial charge in [0.15, 0.2) is 0 Å². The summed E-state index contributed by atoms with van der Waals surface area (Å²) in [4.78, 5) is 11.9. The van der Waals surface area contributed by atoms with Crippen molar-refractivity contribution in [3.63, 3.8) is 0 Å². The van der Waals surface area contributed by atoms with Crippen LogP contribution in [0, 0.1) is 13.8 Å². The van der Waals surface area contributed by atoms with Gasteiger partial charge in [0.25, 0.3) is 5.91 Å². The Hall–Kier alpha value is -1.35. The molecule has 1 rings (SSSR count). The highest BCUT2D eigenvalue weighted by atomic mass is 16.1. The number of carbonyl (C=O) groups excluding carboxylic acids is 1. The molecule has 17 heavy (non-hydrogen) atoms. The second kappa shape index (κ2) is 6.40. The third kappa shape index (κ3) is 4.57. The van der Waals surface area contributed by atoms with E-state index in [1.807, 2.05) is 39.0 Å². The minimum absolute atomic E-state index is 0.0101. The van der Waals surface area contributed by atoms with E-state index in [4.69, 9.17) is 5.73 Å². The summed E-state index contributed by atoms with van der Waals surface area (Å²) in [6, 6.07) is 6.12. The Balaban J connectivity index is 2.49. The Bertz CT molecular complexity index is 386. The monoisotopic (exact) mass is 234 g/mol. The highest BCUT2D eigenvalue weighted by molar-refractivity contribution is 5.95. The van der Waals surface area contributed by atoms with Crippen molar-refractivity contribution in [3.8, 4) is 0 Å². The van der Waals surface area contributed by atoms with Crippen molar-refractivity contribution in [3.05, 3.63) is 34.9 Å². The van der Waals surface area contributed by atoms with Crippen molar-refractivity contribution in [2.45, 2.75) is 39.7 Å². The van der Waals surface area contributed by atoms with Crippen LogP contribution in [0.5, 0.6) is 0 Å². The van der Waals surface area contributed by atoms with Crippen molar-refractivity contribution >= 4 is 5.91 Å². The zero-order valence-corrected chi connectivity index (χ0v) is 10.9. The first-order valence-corrected chi connectivity index (χ1v) is 6.11. The average molecular weight is 234 g/mol. The fourth-order valence-corrected chi connectivity index (χ4v) is 1.70.